The summed E-state index contributed by atoms with van der Waals surface area (Å²) < 4.78 is 0. The monoisotopic (exact) mass is 234 g/mol. The van der Waals surface area contributed by atoms with Gasteiger partial charge in [-0.2, -0.15) is 0 Å². The molecule has 2 fully saturated rings. The van der Waals surface area contributed by atoms with Crippen LogP contribution in [0.5, 0.6) is 0 Å². The third-order valence-electron chi connectivity index (χ3n) is 4.30. The zero-order chi connectivity index (χ0) is 12.3. The molecule has 90 valence electrons. The average Bonchev–Trinajstić information content (AvgIpc) is 2.92. The molecule has 5 nitrogen and oxygen atoms in total. The highest BCUT2D eigenvalue weighted by Gasteiger charge is 2.60. The Labute approximate surface area is 98.6 Å². The number of allylic oxidation sites excluding steroid dienone is 2. The Morgan fingerprint density at radius 1 is 1.29 bits per heavy atom. The smallest absolute Gasteiger partial charge is 0.240 e. The molecule has 2 bridgehead atoms. The highest BCUT2D eigenvalue weighted by molar-refractivity contribution is 6.09. The van der Waals surface area contributed by atoms with Crippen LogP contribution in [-0.4, -0.2) is 28.7 Å². The van der Waals surface area contributed by atoms with Crippen LogP contribution < -0.4 is 5.73 Å². The van der Waals surface area contributed by atoms with Crippen LogP contribution in [0.1, 0.15) is 13.3 Å². The fraction of sp³-hybridized carbons (Fsp3) is 0.583. The third-order valence-corrected chi connectivity index (χ3v) is 4.30. The van der Waals surface area contributed by atoms with E-state index in [0.717, 1.165) is 11.3 Å². The molecule has 0 aromatic rings. The van der Waals surface area contributed by atoms with Crippen LogP contribution in [0.25, 0.3) is 0 Å². The van der Waals surface area contributed by atoms with Gasteiger partial charge in [0.15, 0.2) is 0 Å². The van der Waals surface area contributed by atoms with Crippen molar-refractivity contribution in [2.45, 2.75) is 19.4 Å². The van der Waals surface area contributed by atoms with Crippen molar-refractivity contribution in [2.24, 2.45) is 29.4 Å². The number of amides is 3. The van der Waals surface area contributed by atoms with Crippen LogP contribution >= 0.6 is 0 Å². The number of hydrogen-bond donors (Lipinski definition) is 1. The van der Waals surface area contributed by atoms with Gasteiger partial charge in [-0.15, -0.1) is 0 Å². The first kappa shape index (κ1) is 10.5. The number of imide groups is 1. The van der Waals surface area contributed by atoms with Crippen molar-refractivity contribution < 1.29 is 14.4 Å². The van der Waals surface area contributed by atoms with Gasteiger partial charge in [-0.25, -0.2) is 0 Å². The second-order valence-corrected chi connectivity index (χ2v) is 5.12. The molecule has 5 atom stereocenters. The first-order chi connectivity index (χ1) is 8.02. The van der Waals surface area contributed by atoms with E-state index in [1.165, 1.54) is 6.92 Å². The van der Waals surface area contributed by atoms with Gasteiger partial charge in [0.25, 0.3) is 0 Å². The van der Waals surface area contributed by atoms with Gasteiger partial charge in [0, 0.05) is 0 Å². The minimum Gasteiger partial charge on any atom is -0.368 e. The summed E-state index contributed by atoms with van der Waals surface area (Å²) in [4.78, 5) is 36.6. The summed E-state index contributed by atoms with van der Waals surface area (Å²) in [6.45, 7) is 1.51. The van der Waals surface area contributed by atoms with E-state index in [-0.39, 0.29) is 35.5 Å². The van der Waals surface area contributed by atoms with Crippen molar-refractivity contribution in [3.8, 4) is 0 Å². The van der Waals surface area contributed by atoms with Crippen molar-refractivity contribution >= 4 is 17.7 Å². The number of nitrogens with zero attached hydrogens (tertiary/aromatic N) is 1. The summed E-state index contributed by atoms with van der Waals surface area (Å²) >= 11 is 0. The van der Waals surface area contributed by atoms with Gasteiger partial charge in [0.05, 0.1) is 11.8 Å². The number of likely N-dealkylation sites (tertiary alicyclic amines) is 1. The van der Waals surface area contributed by atoms with Gasteiger partial charge in [-0.3, -0.25) is 19.3 Å². The maximum absolute atomic E-state index is 12.2. The van der Waals surface area contributed by atoms with Gasteiger partial charge in [0.2, 0.25) is 17.7 Å². The van der Waals surface area contributed by atoms with Gasteiger partial charge < -0.3 is 5.73 Å². The highest BCUT2D eigenvalue weighted by Crippen LogP contribution is 2.52. The lowest BCUT2D eigenvalue weighted by Gasteiger charge is -2.21. The van der Waals surface area contributed by atoms with Crippen LogP contribution in [0.3, 0.4) is 0 Å². The number of primary amides is 1. The van der Waals surface area contributed by atoms with E-state index in [1.54, 1.807) is 0 Å². The zero-order valence-electron chi connectivity index (χ0n) is 9.50. The summed E-state index contributed by atoms with van der Waals surface area (Å²) in [7, 11) is 0. The normalized spacial score (nSPS) is 39.9. The summed E-state index contributed by atoms with van der Waals surface area (Å²) in [5.74, 6) is -1.23. The molecule has 1 heterocycles. The van der Waals surface area contributed by atoms with Crippen molar-refractivity contribution in [1.82, 2.24) is 4.90 Å². The largest absolute Gasteiger partial charge is 0.368 e. The molecular weight excluding hydrogens is 220 g/mol. The Bertz CT molecular complexity index is 427. The maximum Gasteiger partial charge on any atom is 0.240 e. The predicted octanol–water partition coefficient (Wildman–Crippen LogP) is -0.333. The van der Waals surface area contributed by atoms with Crippen LogP contribution in [0.2, 0.25) is 0 Å². The topological polar surface area (TPSA) is 80.5 Å². The van der Waals surface area contributed by atoms with E-state index in [2.05, 4.69) is 0 Å². The van der Waals surface area contributed by atoms with Crippen molar-refractivity contribution in [3.63, 3.8) is 0 Å². The highest BCUT2D eigenvalue weighted by atomic mass is 16.2. The zero-order valence-corrected chi connectivity index (χ0v) is 9.50. The van der Waals surface area contributed by atoms with E-state index in [1.807, 2.05) is 12.2 Å². The van der Waals surface area contributed by atoms with E-state index in [9.17, 15) is 14.4 Å². The molecule has 3 aliphatic rings. The number of carbonyl (C=O) groups excluding carboxylic acids is 3. The number of fused-ring (bicyclic) bond motifs is 5. The molecule has 2 N–H and O–H groups in total. The predicted molar refractivity (Wildman–Crippen MR) is 58.2 cm³/mol. The fourth-order valence-electron chi connectivity index (χ4n) is 3.43. The van der Waals surface area contributed by atoms with Crippen molar-refractivity contribution in [1.29, 1.82) is 0 Å². The molecule has 0 radical (unpaired) electrons. The minimum absolute atomic E-state index is 0.173. The molecule has 17 heavy (non-hydrogen) atoms. The molecule has 1 saturated heterocycles. The van der Waals surface area contributed by atoms with Crippen LogP contribution in [0.4, 0.5) is 0 Å². The lowest BCUT2D eigenvalue weighted by atomic mass is 9.85. The Morgan fingerprint density at radius 2 is 1.76 bits per heavy atom. The molecule has 0 aromatic carbocycles. The van der Waals surface area contributed by atoms with Gasteiger partial charge in [-0.1, -0.05) is 12.2 Å². The number of rotatable bonds is 2. The van der Waals surface area contributed by atoms with E-state index >= 15 is 0 Å². The molecule has 2 aliphatic carbocycles. The van der Waals surface area contributed by atoms with Gasteiger partial charge in [-0.05, 0) is 25.2 Å². The van der Waals surface area contributed by atoms with Crippen LogP contribution in [0.15, 0.2) is 12.2 Å². The van der Waals surface area contributed by atoms with Crippen molar-refractivity contribution in [3.05, 3.63) is 12.2 Å². The van der Waals surface area contributed by atoms with E-state index in [4.69, 9.17) is 5.73 Å². The van der Waals surface area contributed by atoms with Crippen LogP contribution in [0, 0.1) is 23.7 Å². The maximum atomic E-state index is 12.2. The number of hydrogen-bond acceptors (Lipinski definition) is 3. The average molecular weight is 234 g/mol. The SMILES string of the molecule is C[C@H](C(N)=O)N1C(=O)[C@H]2[C@H](C1=O)[C@H]1C=C[C@H]2C1. The summed E-state index contributed by atoms with van der Waals surface area (Å²) in [5.41, 5.74) is 5.17. The molecule has 5 heteroatoms. The first-order valence-electron chi connectivity index (χ1n) is 5.87. The Hall–Kier alpha value is -1.65. The Balaban J connectivity index is 1.95. The fourth-order valence-corrected chi connectivity index (χ4v) is 3.43. The number of carbonyl (C=O) groups is 3. The molecular formula is C12H14N2O3. The lowest BCUT2D eigenvalue weighted by Crippen LogP contribution is -2.47. The number of nitrogens with two attached hydrogens (primary N) is 1. The molecule has 1 saturated carbocycles. The van der Waals surface area contributed by atoms with Gasteiger partial charge >= 0.3 is 0 Å². The molecule has 0 aromatic heterocycles. The van der Waals surface area contributed by atoms with E-state index < -0.39 is 11.9 Å². The second-order valence-electron chi connectivity index (χ2n) is 5.12. The van der Waals surface area contributed by atoms with Crippen molar-refractivity contribution in [2.75, 3.05) is 0 Å². The van der Waals surface area contributed by atoms with Crippen LogP contribution in [-0.2, 0) is 14.4 Å². The second kappa shape index (κ2) is 3.18. The first-order valence-corrected chi connectivity index (χ1v) is 5.87. The third kappa shape index (κ3) is 1.16. The van der Waals surface area contributed by atoms with Gasteiger partial charge in [0.1, 0.15) is 6.04 Å². The quantitative estimate of drug-likeness (QED) is 0.524. The standard InChI is InChI=1S/C12H14N2O3/c1-5(10(13)15)14-11(16)8-6-2-3-7(4-6)9(8)12(14)17/h2-3,5-9H,4H2,1H3,(H2,13,15)/t5-,6+,7+,8-,9-/m1/s1. The molecule has 3 amide bonds. The Morgan fingerprint density at radius 3 is 2.18 bits per heavy atom. The molecule has 0 unspecified atom stereocenters. The Kier molecular flexibility index (Phi) is 1.97. The molecule has 0 spiro atoms. The lowest BCUT2D eigenvalue weighted by molar-refractivity contribution is -0.147. The summed E-state index contributed by atoms with van der Waals surface area (Å²) in [6.07, 6.45) is 4.94. The molecule has 3 rings (SSSR count). The minimum atomic E-state index is -0.833. The summed E-state index contributed by atoms with van der Waals surface area (Å²) in [5, 5.41) is 0. The summed E-state index contributed by atoms with van der Waals surface area (Å²) in [6, 6.07) is -0.833. The van der Waals surface area contributed by atoms with E-state index in [0.29, 0.717) is 0 Å². The molecule has 1 aliphatic heterocycles.